The van der Waals surface area contributed by atoms with Gasteiger partial charge in [0.05, 0.1) is 29.9 Å². The Balaban J connectivity index is 1.66. The van der Waals surface area contributed by atoms with Crippen LogP contribution in [0.3, 0.4) is 0 Å². The number of non-ortho nitro benzene ring substituents is 1. The average Bonchev–Trinajstić information content (AvgIpc) is 3.26. The molecular formula is C22H18N4O6. The van der Waals surface area contributed by atoms with Crippen molar-refractivity contribution in [2.24, 2.45) is 17.6 Å². The second-order valence-electron chi connectivity index (χ2n) is 7.86. The molecule has 10 heteroatoms. The second-order valence-corrected chi connectivity index (χ2v) is 7.86. The monoisotopic (exact) mass is 434 g/mol. The fourth-order valence-corrected chi connectivity index (χ4v) is 5.09. The van der Waals surface area contributed by atoms with Crippen molar-refractivity contribution in [2.75, 3.05) is 12.0 Å². The number of imide groups is 1. The lowest BCUT2D eigenvalue weighted by Gasteiger charge is -2.34. The molecule has 2 N–H and O–H groups in total. The van der Waals surface area contributed by atoms with Gasteiger partial charge in [-0.2, -0.15) is 0 Å². The highest BCUT2D eigenvalue weighted by molar-refractivity contribution is 6.24. The number of carbonyl (C=O) groups excluding carboxylic acids is 3. The smallest absolute Gasteiger partial charge is 0.271 e. The quantitative estimate of drug-likeness (QED) is 0.438. The number of rotatable bonds is 4. The predicted octanol–water partition coefficient (Wildman–Crippen LogP) is 1.60. The first-order valence-corrected chi connectivity index (χ1v) is 9.89. The van der Waals surface area contributed by atoms with Crippen LogP contribution >= 0.6 is 0 Å². The maximum absolute atomic E-state index is 13.7. The fourth-order valence-electron chi connectivity index (χ4n) is 5.09. The Morgan fingerprint density at radius 3 is 2.53 bits per heavy atom. The Bertz CT molecular complexity index is 1220. The molecule has 2 fully saturated rings. The van der Waals surface area contributed by atoms with Crippen molar-refractivity contribution in [3.63, 3.8) is 0 Å². The SMILES string of the molecule is COc1ccc([N+](=O)[O-])cc1N1C(=O)[C@@H]2[C@H](C1=O)[C@@H]1c3ccccc3C=CN1[C@H]2C(N)=O. The van der Waals surface area contributed by atoms with Gasteiger partial charge in [-0.15, -0.1) is 0 Å². The van der Waals surface area contributed by atoms with Gasteiger partial charge in [-0.1, -0.05) is 24.3 Å². The lowest BCUT2D eigenvalue weighted by Crippen LogP contribution is -2.46. The molecule has 0 aliphatic carbocycles. The van der Waals surface area contributed by atoms with E-state index in [9.17, 15) is 24.5 Å². The van der Waals surface area contributed by atoms with E-state index in [-0.39, 0.29) is 17.1 Å². The zero-order chi connectivity index (χ0) is 22.7. The molecule has 0 aromatic heterocycles. The van der Waals surface area contributed by atoms with Gasteiger partial charge in [0.15, 0.2) is 0 Å². The highest BCUT2D eigenvalue weighted by atomic mass is 16.6. The van der Waals surface area contributed by atoms with Crippen LogP contribution in [0.15, 0.2) is 48.7 Å². The lowest BCUT2D eigenvalue weighted by atomic mass is 9.84. The minimum Gasteiger partial charge on any atom is -0.495 e. The molecule has 0 bridgehead atoms. The lowest BCUT2D eigenvalue weighted by molar-refractivity contribution is -0.384. The van der Waals surface area contributed by atoms with Gasteiger partial charge in [0.2, 0.25) is 17.7 Å². The van der Waals surface area contributed by atoms with E-state index in [0.29, 0.717) is 0 Å². The third-order valence-electron chi connectivity index (χ3n) is 6.37. The van der Waals surface area contributed by atoms with Gasteiger partial charge in [0, 0.05) is 18.3 Å². The van der Waals surface area contributed by atoms with Crippen LogP contribution in [0.25, 0.3) is 6.08 Å². The molecule has 0 unspecified atom stereocenters. The minimum atomic E-state index is -1.03. The Kier molecular flexibility index (Phi) is 4.26. The van der Waals surface area contributed by atoms with Crippen LogP contribution < -0.4 is 15.4 Å². The molecule has 162 valence electrons. The molecule has 32 heavy (non-hydrogen) atoms. The summed E-state index contributed by atoms with van der Waals surface area (Å²) >= 11 is 0. The van der Waals surface area contributed by atoms with E-state index in [1.54, 1.807) is 11.1 Å². The van der Waals surface area contributed by atoms with Crippen molar-refractivity contribution in [1.29, 1.82) is 0 Å². The standard InChI is InChI=1S/C22H18N4O6/c1-32-15-7-6-12(26(30)31)10-14(15)25-21(28)16-17(22(25)29)19(20(23)27)24-9-8-11-4-2-3-5-13(11)18(16)24/h2-10,16-19H,1H3,(H2,23,27)/t16-,17+,18-,19+/m0/s1. The number of carbonyl (C=O) groups is 3. The molecule has 2 aromatic carbocycles. The van der Waals surface area contributed by atoms with E-state index in [1.807, 2.05) is 30.3 Å². The number of anilines is 1. The Morgan fingerprint density at radius 2 is 1.84 bits per heavy atom. The summed E-state index contributed by atoms with van der Waals surface area (Å²) in [4.78, 5) is 52.9. The Morgan fingerprint density at radius 1 is 1.12 bits per heavy atom. The molecule has 10 nitrogen and oxygen atoms in total. The summed E-state index contributed by atoms with van der Waals surface area (Å²) in [5.41, 5.74) is 7.05. The van der Waals surface area contributed by atoms with E-state index in [1.165, 1.54) is 19.2 Å². The van der Waals surface area contributed by atoms with Gasteiger partial charge >= 0.3 is 0 Å². The molecule has 0 spiro atoms. The van der Waals surface area contributed by atoms with E-state index >= 15 is 0 Å². The summed E-state index contributed by atoms with van der Waals surface area (Å²) in [5.74, 6) is -3.68. The topological polar surface area (TPSA) is 136 Å². The van der Waals surface area contributed by atoms with Gasteiger partial charge < -0.3 is 15.4 Å². The van der Waals surface area contributed by atoms with E-state index in [4.69, 9.17) is 10.5 Å². The average molecular weight is 434 g/mol. The third kappa shape index (κ3) is 2.55. The van der Waals surface area contributed by atoms with Gasteiger partial charge in [0.1, 0.15) is 17.5 Å². The number of nitro groups is 1. The number of nitrogens with two attached hydrogens (primary N) is 1. The molecule has 5 rings (SSSR count). The van der Waals surface area contributed by atoms with Crippen LogP contribution in [0, 0.1) is 22.0 Å². The number of amides is 3. The fraction of sp³-hybridized carbons (Fsp3) is 0.227. The summed E-state index contributed by atoms with van der Waals surface area (Å²) in [5, 5.41) is 11.3. The van der Waals surface area contributed by atoms with Crippen molar-refractivity contribution in [3.8, 4) is 5.75 Å². The molecule has 3 amide bonds. The van der Waals surface area contributed by atoms with Crippen molar-refractivity contribution in [2.45, 2.75) is 12.1 Å². The summed E-state index contributed by atoms with van der Waals surface area (Å²) in [6.45, 7) is 0. The van der Waals surface area contributed by atoms with Crippen LogP contribution in [-0.2, 0) is 14.4 Å². The second kappa shape index (κ2) is 6.91. The van der Waals surface area contributed by atoms with Crippen molar-refractivity contribution >= 4 is 35.2 Å². The third-order valence-corrected chi connectivity index (χ3v) is 6.37. The van der Waals surface area contributed by atoms with Gasteiger partial charge in [-0.05, 0) is 23.3 Å². The molecule has 0 saturated carbocycles. The van der Waals surface area contributed by atoms with Crippen LogP contribution in [0.1, 0.15) is 17.2 Å². The zero-order valence-electron chi connectivity index (χ0n) is 16.9. The molecular weight excluding hydrogens is 416 g/mol. The molecule has 3 aliphatic heterocycles. The van der Waals surface area contributed by atoms with Gasteiger partial charge in [0.25, 0.3) is 5.69 Å². The Hall–Kier alpha value is -4.21. The van der Waals surface area contributed by atoms with E-state index in [2.05, 4.69) is 0 Å². The van der Waals surface area contributed by atoms with E-state index in [0.717, 1.165) is 22.1 Å². The number of methoxy groups -OCH3 is 1. The van der Waals surface area contributed by atoms with Crippen LogP contribution in [-0.4, -0.2) is 40.7 Å². The highest BCUT2D eigenvalue weighted by Crippen LogP contribution is 2.53. The number of benzene rings is 2. The van der Waals surface area contributed by atoms with Gasteiger partial charge in [-0.3, -0.25) is 24.5 Å². The number of nitro benzene ring substituents is 1. The number of nitrogens with zero attached hydrogens (tertiary/aromatic N) is 3. The molecule has 2 aromatic rings. The molecule has 4 atom stereocenters. The van der Waals surface area contributed by atoms with Crippen LogP contribution in [0.2, 0.25) is 0 Å². The zero-order valence-corrected chi connectivity index (χ0v) is 16.9. The normalized spacial score (nSPS) is 25.4. The highest BCUT2D eigenvalue weighted by Gasteiger charge is 2.64. The predicted molar refractivity (Wildman–Crippen MR) is 112 cm³/mol. The number of ether oxygens (including phenoxy) is 1. The largest absolute Gasteiger partial charge is 0.495 e. The maximum Gasteiger partial charge on any atom is 0.271 e. The van der Waals surface area contributed by atoms with Crippen molar-refractivity contribution in [3.05, 3.63) is 69.9 Å². The number of primary amides is 1. The first-order valence-electron chi connectivity index (χ1n) is 9.89. The van der Waals surface area contributed by atoms with Crippen LogP contribution in [0.4, 0.5) is 11.4 Å². The van der Waals surface area contributed by atoms with Gasteiger partial charge in [-0.25, -0.2) is 4.90 Å². The molecule has 3 aliphatic rings. The molecule has 2 saturated heterocycles. The number of fused-ring (bicyclic) bond motifs is 5. The van der Waals surface area contributed by atoms with Crippen LogP contribution in [0.5, 0.6) is 5.75 Å². The van der Waals surface area contributed by atoms with Crippen molar-refractivity contribution in [1.82, 2.24) is 4.90 Å². The first kappa shape index (κ1) is 19.7. The number of hydrogen-bond acceptors (Lipinski definition) is 7. The molecule has 0 radical (unpaired) electrons. The number of hydrogen-bond donors (Lipinski definition) is 1. The Labute approximate surface area is 182 Å². The molecule has 3 heterocycles. The maximum atomic E-state index is 13.7. The summed E-state index contributed by atoms with van der Waals surface area (Å²) in [7, 11) is 1.34. The van der Waals surface area contributed by atoms with E-state index < -0.39 is 46.6 Å². The summed E-state index contributed by atoms with van der Waals surface area (Å²) < 4.78 is 5.27. The summed E-state index contributed by atoms with van der Waals surface area (Å²) in [6, 6.07) is 9.52. The van der Waals surface area contributed by atoms with Crippen molar-refractivity contribution < 1.29 is 24.0 Å². The summed E-state index contributed by atoms with van der Waals surface area (Å²) in [6.07, 6.45) is 3.51. The minimum absolute atomic E-state index is 0.0273. The first-order chi connectivity index (χ1) is 15.3.